The summed E-state index contributed by atoms with van der Waals surface area (Å²) in [5, 5.41) is 12.2. The summed E-state index contributed by atoms with van der Waals surface area (Å²) in [7, 11) is 0. The molecule has 4 nitrogen and oxygen atoms in total. The van der Waals surface area contributed by atoms with Crippen molar-refractivity contribution in [2.75, 3.05) is 4.90 Å². The maximum atomic E-state index is 13.8. The lowest BCUT2D eigenvalue weighted by Gasteiger charge is -2.17. The third-order valence-corrected chi connectivity index (χ3v) is 3.53. The molecule has 0 fully saturated rings. The Bertz CT molecular complexity index is 756. The van der Waals surface area contributed by atoms with Gasteiger partial charge in [0.15, 0.2) is 5.71 Å². The van der Waals surface area contributed by atoms with Crippen molar-refractivity contribution in [1.29, 1.82) is 0 Å². The van der Waals surface area contributed by atoms with Crippen LogP contribution in [0.1, 0.15) is 16.7 Å². The van der Waals surface area contributed by atoms with Gasteiger partial charge in [-0.3, -0.25) is 4.79 Å². The van der Waals surface area contributed by atoms with Crippen LogP contribution in [-0.2, 0) is 11.3 Å². The number of rotatable bonds is 2. The second-order valence-electron chi connectivity index (χ2n) is 4.95. The average Bonchev–Trinajstić information content (AvgIpc) is 2.73. The fourth-order valence-corrected chi connectivity index (χ4v) is 2.48. The quantitative estimate of drug-likeness (QED) is 0.681. The van der Waals surface area contributed by atoms with Crippen molar-refractivity contribution in [3.63, 3.8) is 0 Å². The number of benzene rings is 2. The first-order chi connectivity index (χ1) is 10.1. The normalized spacial score (nSPS) is 15.6. The molecule has 5 heteroatoms. The third kappa shape index (κ3) is 2.16. The number of amides is 1. The summed E-state index contributed by atoms with van der Waals surface area (Å²) in [5.41, 5.74) is 2.55. The number of hydrogen-bond donors (Lipinski definition) is 1. The number of nitrogens with zero attached hydrogens (tertiary/aromatic N) is 2. The minimum absolute atomic E-state index is 0.00922. The topological polar surface area (TPSA) is 52.9 Å². The molecule has 0 aromatic heterocycles. The number of hydrogen-bond acceptors (Lipinski definition) is 3. The van der Waals surface area contributed by atoms with Gasteiger partial charge in [0, 0.05) is 11.1 Å². The Labute approximate surface area is 121 Å². The van der Waals surface area contributed by atoms with Gasteiger partial charge in [-0.25, -0.2) is 4.39 Å². The Morgan fingerprint density at radius 2 is 2.00 bits per heavy atom. The van der Waals surface area contributed by atoms with Gasteiger partial charge in [0.1, 0.15) is 5.82 Å². The second kappa shape index (κ2) is 5.01. The van der Waals surface area contributed by atoms with Gasteiger partial charge in [0.2, 0.25) is 0 Å². The highest BCUT2D eigenvalue weighted by Crippen LogP contribution is 2.31. The Balaban J connectivity index is 2.05. The summed E-state index contributed by atoms with van der Waals surface area (Å²) in [5.74, 6) is -0.797. The minimum atomic E-state index is -0.429. The van der Waals surface area contributed by atoms with E-state index in [0.29, 0.717) is 16.8 Å². The number of oxime groups is 1. The highest BCUT2D eigenvalue weighted by atomic mass is 19.1. The first-order valence-electron chi connectivity index (χ1n) is 6.50. The first-order valence-corrected chi connectivity index (χ1v) is 6.50. The van der Waals surface area contributed by atoms with Crippen LogP contribution in [0.15, 0.2) is 47.6 Å². The molecule has 0 aliphatic carbocycles. The molecule has 0 spiro atoms. The largest absolute Gasteiger partial charge is 0.410 e. The van der Waals surface area contributed by atoms with E-state index in [0.717, 1.165) is 5.56 Å². The molecule has 1 aliphatic heterocycles. The van der Waals surface area contributed by atoms with E-state index < -0.39 is 5.91 Å². The van der Waals surface area contributed by atoms with Crippen LogP contribution in [0.5, 0.6) is 0 Å². The van der Waals surface area contributed by atoms with E-state index in [-0.39, 0.29) is 18.1 Å². The van der Waals surface area contributed by atoms with Gasteiger partial charge in [0.05, 0.1) is 12.2 Å². The van der Waals surface area contributed by atoms with Crippen molar-refractivity contribution >= 4 is 17.3 Å². The zero-order valence-corrected chi connectivity index (χ0v) is 11.4. The van der Waals surface area contributed by atoms with Crippen molar-refractivity contribution < 1.29 is 14.4 Å². The molecular formula is C16H13FN2O2. The lowest BCUT2D eigenvalue weighted by atomic mass is 10.1. The lowest BCUT2D eigenvalue weighted by Crippen LogP contribution is -2.29. The van der Waals surface area contributed by atoms with Crippen molar-refractivity contribution in [3.8, 4) is 0 Å². The molecule has 106 valence electrons. The highest BCUT2D eigenvalue weighted by molar-refractivity contribution is 6.54. The van der Waals surface area contributed by atoms with Crippen molar-refractivity contribution in [3.05, 3.63) is 65.0 Å². The number of halogens is 1. The Morgan fingerprint density at radius 3 is 2.71 bits per heavy atom. The maximum absolute atomic E-state index is 13.8. The Kier molecular flexibility index (Phi) is 3.17. The SMILES string of the molecule is Cc1ccc2c(c1)/C(=N/O)C(=O)N2Cc1ccccc1F. The third-order valence-electron chi connectivity index (χ3n) is 3.53. The summed E-state index contributed by atoms with van der Waals surface area (Å²) in [6.45, 7) is 1.99. The zero-order chi connectivity index (χ0) is 15.0. The Hall–Kier alpha value is -2.69. The van der Waals surface area contributed by atoms with Gasteiger partial charge in [0.25, 0.3) is 5.91 Å². The zero-order valence-electron chi connectivity index (χ0n) is 11.4. The summed E-state index contributed by atoms with van der Waals surface area (Å²) in [6.07, 6.45) is 0. The smallest absolute Gasteiger partial charge is 0.281 e. The van der Waals surface area contributed by atoms with Gasteiger partial charge < -0.3 is 10.1 Å². The van der Waals surface area contributed by atoms with Crippen LogP contribution >= 0.6 is 0 Å². The summed E-state index contributed by atoms with van der Waals surface area (Å²) >= 11 is 0. The fourth-order valence-electron chi connectivity index (χ4n) is 2.48. The molecule has 1 aliphatic rings. The second-order valence-corrected chi connectivity index (χ2v) is 4.95. The molecule has 1 heterocycles. The molecule has 0 saturated heterocycles. The van der Waals surface area contributed by atoms with E-state index >= 15 is 0 Å². The van der Waals surface area contributed by atoms with Crippen LogP contribution in [0.25, 0.3) is 0 Å². The predicted octanol–water partition coefficient (Wildman–Crippen LogP) is 2.86. The summed E-state index contributed by atoms with van der Waals surface area (Å²) < 4.78 is 13.8. The average molecular weight is 284 g/mol. The number of carbonyl (C=O) groups is 1. The van der Waals surface area contributed by atoms with E-state index in [1.54, 1.807) is 30.3 Å². The molecule has 0 radical (unpaired) electrons. The monoisotopic (exact) mass is 284 g/mol. The Morgan fingerprint density at radius 1 is 1.24 bits per heavy atom. The van der Waals surface area contributed by atoms with Crippen LogP contribution in [0.4, 0.5) is 10.1 Å². The highest BCUT2D eigenvalue weighted by Gasteiger charge is 2.34. The van der Waals surface area contributed by atoms with E-state index in [1.807, 2.05) is 13.0 Å². The predicted molar refractivity (Wildman–Crippen MR) is 77.1 cm³/mol. The molecule has 21 heavy (non-hydrogen) atoms. The molecule has 0 atom stereocenters. The van der Waals surface area contributed by atoms with Gasteiger partial charge in [-0.1, -0.05) is 35.0 Å². The molecule has 0 saturated carbocycles. The van der Waals surface area contributed by atoms with E-state index in [1.165, 1.54) is 11.0 Å². The number of anilines is 1. The fraction of sp³-hybridized carbons (Fsp3) is 0.125. The van der Waals surface area contributed by atoms with Gasteiger partial charge in [-0.2, -0.15) is 0 Å². The van der Waals surface area contributed by atoms with Crippen molar-refractivity contribution in [2.24, 2.45) is 5.16 Å². The van der Waals surface area contributed by atoms with Crippen LogP contribution in [-0.4, -0.2) is 16.8 Å². The van der Waals surface area contributed by atoms with E-state index in [9.17, 15) is 9.18 Å². The molecule has 3 rings (SSSR count). The molecular weight excluding hydrogens is 271 g/mol. The molecule has 0 unspecified atom stereocenters. The molecule has 2 aromatic rings. The number of aryl methyl sites for hydroxylation is 1. The lowest BCUT2D eigenvalue weighted by molar-refractivity contribution is -0.112. The molecule has 0 bridgehead atoms. The number of carbonyl (C=O) groups excluding carboxylic acids is 1. The van der Waals surface area contributed by atoms with Crippen LogP contribution < -0.4 is 4.90 Å². The summed E-state index contributed by atoms with van der Waals surface area (Å²) in [4.78, 5) is 13.8. The van der Waals surface area contributed by atoms with Crippen molar-refractivity contribution in [1.82, 2.24) is 0 Å². The van der Waals surface area contributed by atoms with Crippen molar-refractivity contribution in [2.45, 2.75) is 13.5 Å². The first kappa shape index (κ1) is 13.3. The van der Waals surface area contributed by atoms with Crippen LogP contribution in [0.3, 0.4) is 0 Å². The van der Waals surface area contributed by atoms with E-state index in [4.69, 9.17) is 5.21 Å². The van der Waals surface area contributed by atoms with Crippen LogP contribution in [0.2, 0.25) is 0 Å². The summed E-state index contributed by atoms with van der Waals surface area (Å²) in [6, 6.07) is 11.7. The maximum Gasteiger partial charge on any atom is 0.281 e. The van der Waals surface area contributed by atoms with Gasteiger partial charge in [-0.15, -0.1) is 0 Å². The standard InChI is InChI=1S/C16H13FN2O2/c1-10-6-7-14-12(8-10)15(18-21)16(20)19(14)9-11-4-2-3-5-13(11)17/h2-8,21H,9H2,1H3/b18-15-. The van der Waals surface area contributed by atoms with Gasteiger partial charge >= 0.3 is 0 Å². The van der Waals surface area contributed by atoms with Gasteiger partial charge in [-0.05, 0) is 25.1 Å². The van der Waals surface area contributed by atoms with Crippen LogP contribution in [0, 0.1) is 12.7 Å². The molecule has 1 amide bonds. The molecule has 1 N–H and O–H groups in total. The minimum Gasteiger partial charge on any atom is -0.410 e. The number of fused-ring (bicyclic) bond motifs is 1. The van der Waals surface area contributed by atoms with E-state index in [2.05, 4.69) is 5.16 Å². The molecule has 2 aromatic carbocycles.